The van der Waals surface area contributed by atoms with E-state index < -0.39 is 12.3 Å². The van der Waals surface area contributed by atoms with Gasteiger partial charge < -0.3 is 9.15 Å². The first-order chi connectivity index (χ1) is 14.2. The van der Waals surface area contributed by atoms with Gasteiger partial charge in [0.25, 0.3) is 5.89 Å². The molecule has 0 saturated carbocycles. The molecule has 3 aromatic rings. The molecule has 0 unspecified atom stereocenters. The van der Waals surface area contributed by atoms with E-state index in [0.29, 0.717) is 18.2 Å². The van der Waals surface area contributed by atoms with E-state index in [1.54, 1.807) is 16.8 Å². The van der Waals surface area contributed by atoms with Crippen LogP contribution >= 0.6 is 0 Å². The van der Waals surface area contributed by atoms with E-state index >= 15 is 0 Å². The molecular weight excluding hydrogens is 384 g/mol. The van der Waals surface area contributed by atoms with Gasteiger partial charge in [0.15, 0.2) is 0 Å². The van der Waals surface area contributed by atoms with Crippen molar-refractivity contribution < 1.29 is 17.9 Å². The Kier molecular flexibility index (Phi) is 4.76. The normalized spacial score (nSPS) is 20.4. The molecule has 3 aromatic heterocycles. The van der Waals surface area contributed by atoms with Gasteiger partial charge in [0.1, 0.15) is 0 Å². The van der Waals surface area contributed by atoms with Gasteiger partial charge >= 0.3 is 6.43 Å². The predicted molar refractivity (Wildman–Crippen MR) is 94.9 cm³/mol. The van der Waals surface area contributed by atoms with Gasteiger partial charge in [-0.15, -0.1) is 15.3 Å². The van der Waals surface area contributed by atoms with Crippen molar-refractivity contribution in [3.63, 3.8) is 0 Å². The lowest BCUT2D eigenvalue weighted by Crippen LogP contribution is -2.48. The molecule has 5 heterocycles. The maximum Gasteiger partial charge on any atom is 0.314 e. The highest BCUT2D eigenvalue weighted by atomic mass is 19.3. The highest BCUT2D eigenvalue weighted by molar-refractivity contribution is 5.50. The van der Waals surface area contributed by atoms with Crippen LogP contribution in [0.2, 0.25) is 0 Å². The molecule has 152 valence electrons. The van der Waals surface area contributed by atoms with Crippen LogP contribution < -0.4 is 0 Å². The summed E-state index contributed by atoms with van der Waals surface area (Å²) in [6, 6.07) is 4.25. The summed E-state index contributed by atoms with van der Waals surface area (Å²) in [4.78, 5) is 6.81. The molecule has 2 aliphatic rings. The number of likely N-dealkylation sites (tertiary alicyclic amines) is 1. The second-order valence-corrected chi connectivity index (χ2v) is 7.21. The Morgan fingerprint density at radius 3 is 2.76 bits per heavy atom. The summed E-state index contributed by atoms with van der Waals surface area (Å²) >= 11 is 0. The molecule has 2 saturated heterocycles. The third-order valence-electron chi connectivity index (χ3n) is 5.30. The minimum atomic E-state index is -2.79. The summed E-state index contributed by atoms with van der Waals surface area (Å²) < 4.78 is 37.2. The standard InChI is InChI=1S/C18H19F2N7O2/c19-16(20)18-24-23-17(29-18)11-3-4-12(21-6-11)7-26-8-14(22-25-26)15-2-1-5-27(15)13-9-28-10-13/h3-4,6,8,13,15-16H,1-2,5,7,9-10H2/t15-/m0/s1. The zero-order valence-corrected chi connectivity index (χ0v) is 15.5. The van der Waals surface area contributed by atoms with Crippen LogP contribution in [0.15, 0.2) is 28.9 Å². The number of alkyl halides is 2. The van der Waals surface area contributed by atoms with Crippen LogP contribution in [0.1, 0.15) is 42.6 Å². The molecule has 29 heavy (non-hydrogen) atoms. The predicted octanol–water partition coefficient (Wildman–Crippen LogP) is 2.24. The van der Waals surface area contributed by atoms with Crippen molar-refractivity contribution in [1.82, 2.24) is 35.1 Å². The van der Waals surface area contributed by atoms with Crippen LogP contribution in [0.4, 0.5) is 8.78 Å². The molecule has 9 nitrogen and oxygen atoms in total. The molecule has 11 heteroatoms. The summed E-state index contributed by atoms with van der Waals surface area (Å²) in [6.45, 7) is 3.11. The SMILES string of the molecule is FC(F)c1nnc(-c2ccc(Cn3cc([C@@H]4CCCN4C4COC4)nn3)nc2)o1. The molecule has 0 amide bonds. The summed E-state index contributed by atoms with van der Waals surface area (Å²) in [7, 11) is 0. The largest absolute Gasteiger partial charge is 0.415 e. The van der Waals surface area contributed by atoms with Gasteiger partial charge in [-0.25, -0.2) is 4.68 Å². The van der Waals surface area contributed by atoms with E-state index in [-0.39, 0.29) is 11.9 Å². The Bertz CT molecular complexity index is 971. The lowest BCUT2D eigenvalue weighted by atomic mass is 10.1. The third-order valence-corrected chi connectivity index (χ3v) is 5.30. The van der Waals surface area contributed by atoms with Crippen LogP contribution in [0.5, 0.6) is 0 Å². The molecule has 0 N–H and O–H groups in total. The first-order valence-corrected chi connectivity index (χ1v) is 9.48. The highest BCUT2D eigenvalue weighted by Crippen LogP contribution is 2.34. The minimum Gasteiger partial charge on any atom is -0.415 e. The second kappa shape index (κ2) is 7.56. The smallest absolute Gasteiger partial charge is 0.314 e. The van der Waals surface area contributed by atoms with Gasteiger partial charge in [0, 0.05) is 6.20 Å². The average molecular weight is 403 g/mol. The highest BCUT2D eigenvalue weighted by Gasteiger charge is 2.36. The van der Waals surface area contributed by atoms with E-state index in [9.17, 15) is 8.78 Å². The Morgan fingerprint density at radius 2 is 2.07 bits per heavy atom. The van der Waals surface area contributed by atoms with Gasteiger partial charge in [0.2, 0.25) is 5.89 Å². The van der Waals surface area contributed by atoms with E-state index in [1.165, 1.54) is 6.20 Å². The third kappa shape index (κ3) is 3.62. The lowest BCUT2D eigenvalue weighted by Gasteiger charge is -2.37. The summed E-state index contributed by atoms with van der Waals surface area (Å²) in [5.74, 6) is -0.683. The van der Waals surface area contributed by atoms with Crippen molar-refractivity contribution in [1.29, 1.82) is 0 Å². The van der Waals surface area contributed by atoms with E-state index in [0.717, 1.165) is 44.0 Å². The van der Waals surface area contributed by atoms with Gasteiger partial charge in [-0.2, -0.15) is 8.78 Å². The summed E-state index contributed by atoms with van der Waals surface area (Å²) in [6.07, 6.45) is 2.92. The first kappa shape index (κ1) is 18.3. The number of hydrogen-bond acceptors (Lipinski definition) is 8. The van der Waals surface area contributed by atoms with Crippen molar-refractivity contribution in [2.24, 2.45) is 0 Å². The molecule has 0 spiro atoms. The van der Waals surface area contributed by atoms with Crippen LogP contribution in [0.3, 0.4) is 0 Å². The number of nitrogens with zero attached hydrogens (tertiary/aromatic N) is 7. The molecule has 2 fully saturated rings. The maximum absolute atomic E-state index is 12.6. The van der Waals surface area contributed by atoms with Crippen LogP contribution in [0.25, 0.3) is 11.5 Å². The van der Waals surface area contributed by atoms with Crippen LogP contribution in [0, 0.1) is 0 Å². The number of pyridine rings is 1. The fourth-order valence-corrected chi connectivity index (χ4v) is 3.75. The Labute approximate surface area is 164 Å². The minimum absolute atomic E-state index is 0.0173. The number of aromatic nitrogens is 6. The number of ether oxygens (including phenoxy) is 1. The number of hydrogen-bond donors (Lipinski definition) is 0. The maximum atomic E-state index is 12.6. The molecule has 0 radical (unpaired) electrons. The molecule has 0 aromatic carbocycles. The monoisotopic (exact) mass is 403 g/mol. The number of halogens is 2. The quantitative estimate of drug-likeness (QED) is 0.619. The van der Waals surface area contributed by atoms with Gasteiger partial charge in [-0.05, 0) is 31.5 Å². The molecule has 0 bridgehead atoms. The zero-order chi connectivity index (χ0) is 19.8. The second-order valence-electron chi connectivity index (χ2n) is 7.21. The molecule has 1 atom stereocenters. The van der Waals surface area contributed by atoms with E-state index in [4.69, 9.17) is 9.15 Å². The molecular formula is C18H19F2N7O2. The Balaban J connectivity index is 1.26. The van der Waals surface area contributed by atoms with Crippen molar-refractivity contribution in [3.8, 4) is 11.5 Å². The topological polar surface area (TPSA) is 95.0 Å². The Morgan fingerprint density at radius 1 is 1.17 bits per heavy atom. The van der Waals surface area contributed by atoms with Crippen molar-refractivity contribution in [2.75, 3.05) is 19.8 Å². The lowest BCUT2D eigenvalue weighted by molar-refractivity contribution is -0.0701. The number of rotatable bonds is 6. The van der Waals surface area contributed by atoms with Crippen LogP contribution in [-0.4, -0.2) is 60.9 Å². The fraction of sp³-hybridized carbons (Fsp3) is 0.500. The van der Waals surface area contributed by atoms with Crippen LogP contribution in [-0.2, 0) is 11.3 Å². The molecule has 2 aliphatic heterocycles. The van der Waals surface area contributed by atoms with Crippen molar-refractivity contribution in [2.45, 2.75) is 37.9 Å². The van der Waals surface area contributed by atoms with E-state index in [1.807, 2.05) is 6.20 Å². The molecule has 5 rings (SSSR count). The zero-order valence-electron chi connectivity index (χ0n) is 15.5. The fourth-order valence-electron chi connectivity index (χ4n) is 3.75. The van der Waals surface area contributed by atoms with Gasteiger partial charge in [-0.3, -0.25) is 9.88 Å². The van der Waals surface area contributed by atoms with Crippen molar-refractivity contribution in [3.05, 3.63) is 41.8 Å². The van der Waals surface area contributed by atoms with Gasteiger partial charge in [-0.1, -0.05) is 5.21 Å². The summed E-state index contributed by atoms with van der Waals surface area (Å²) in [5.41, 5.74) is 2.21. The van der Waals surface area contributed by atoms with Crippen molar-refractivity contribution >= 4 is 0 Å². The average Bonchev–Trinajstić information content (AvgIpc) is 3.41. The summed E-state index contributed by atoms with van der Waals surface area (Å²) in [5, 5.41) is 15.6. The molecule has 0 aliphatic carbocycles. The van der Waals surface area contributed by atoms with E-state index in [2.05, 4.69) is 30.4 Å². The van der Waals surface area contributed by atoms with Gasteiger partial charge in [0.05, 0.1) is 55.0 Å². The first-order valence-electron chi connectivity index (χ1n) is 9.48. The Hall–Kier alpha value is -2.79.